The Morgan fingerprint density at radius 2 is 0.596 bits per heavy atom. The van der Waals surface area contributed by atoms with Crippen molar-refractivity contribution in [1.29, 1.82) is 0 Å². The zero-order chi connectivity index (χ0) is 35.6. The van der Waals surface area contributed by atoms with Crippen LogP contribution in [0.15, 0.2) is 170 Å². The Morgan fingerprint density at radius 1 is 0.308 bits per heavy atom. The first kappa shape index (κ1) is 34.2. The second-order valence-corrected chi connectivity index (χ2v) is 18.6. The van der Waals surface area contributed by atoms with Crippen molar-refractivity contribution in [2.24, 2.45) is 0 Å². The van der Waals surface area contributed by atoms with Crippen LogP contribution < -0.4 is 21.2 Å². The number of hydrogen-bond acceptors (Lipinski definition) is 0. The van der Waals surface area contributed by atoms with Crippen LogP contribution in [0.1, 0.15) is 33.4 Å². The molecule has 0 spiro atoms. The van der Waals surface area contributed by atoms with Crippen LogP contribution in [0.4, 0.5) is 0 Å². The van der Waals surface area contributed by atoms with Crippen LogP contribution in [-0.4, -0.2) is 0 Å². The molecule has 8 aromatic rings. The van der Waals surface area contributed by atoms with Gasteiger partial charge in [0.05, 0.1) is 0 Å². The lowest BCUT2D eigenvalue weighted by Gasteiger charge is -2.26. The largest absolute Gasteiger partial charge is 0.0616 e. The van der Waals surface area contributed by atoms with Crippen LogP contribution in [-0.2, 0) is 12.3 Å². The van der Waals surface area contributed by atoms with Gasteiger partial charge in [0.2, 0.25) is 0 Å². The Balaban J connectivity index is 1.36. The summed E-state index contributed by atoms with van der Waals surface area (Å²) >= 11 is 0. The van der Waals surface area contributed by atoms with Gasteiger partial charge >= 0.3 is 0 Å². The summed E-state index contributed by atoms with van der Waals surface area (Å²) in [5.74, 6) is 0. The third kappa shape index (κ3) is 7.12. The van der Waals surface area contributed by atoms with Crippen LogP contribution in [0.5, 0.6) is 0 Å². The molecule has 8 rings (SSSR count). The molecule has 8 aromatic carbocycles. The zero-order valence-electron chi connectivity index (χ0n) is 30.5. The fourth-order valence-electron chi connectivity index (χ4n) is 7.39. The number of aryl methyl sites for hydroxylation is 4. The molecule has 0 aliphatic rings. The van der Waals surface area contributed by atoms with E-state index in [0.29, 0.717) is 0 Å². The lowest BCUT2D eigenvalue weighted by atomic mass is 9.88. The minimum Gasteiger partial charge on any atom is -0.0616 e. The molecule has 0 saturated carbocycles. The fourth-order valence-corrected chi connectivity index (χ4v) is 12.0. The van der Waals surface area contributed by atoms with Crippen molar-refractivity contribution in [2.75, 3.05) is 0 Å². The molecule has 0 saturated heterocycles. The lowest BCUT2D eigenvalue weighted by Crippen LogP contribution is -2.15. The second kappa shape index (κ2) is 15.0. The highest BCUT2D eigenvalue weighted by Crippen LogP contribution is 2.48. The van der Waals surface area contributed by atoms with Gasteiger partial charge in [-0.1, -0.05) is 192 Å². The minimum atomic E-state index is -0.658. The summed E-state index contributed by atoms with van der Waals surface area (Å²) in [6, 6.07) is 64.7. The van der Waals surface area contributed by atoms with Gasteiger partial charge in [-0.3, -0.25) is 0 Å². The maximum absolute atomic E-state index is 2.43. The zero-order valence-corrected chi connectivity index (χ0v) is 32.3. The number of fused-ring (bicyclic) bond motifs is 2. The Hall–Kier alpha value is -4.86. The SMILES string of the molecule is Cc1ccc(P(Cc2ccc3ccccc3c2-c2c(CP(c3ccc(C)cc3)c3ccc(C)cc3)ccc3ccccc23)c2ccc(C)cc2)cc1. The quantitative estimate of drug-likeness (QED) is 0.131. The topological polar surface area (TPSA) is 0 Å². The molecular weight excluding hydrogens is 662 g/mol. The molecule has 0 N–H and O–H groups in total. The Labute approximate surface area is 311 Å². The predicted molar refractivity (Wildman–Crippen MR) is 231 cm³/mol. The van der Waals surface area contributed by atoms with Crippen molar-refractivity contribution in [2.45, 2.75) is 40.0 Å². The molecule has 0 nitrogen and oxygen atoms in total. The molecule has 52 heavy (non-hydrogen) atoms. The number of hydrogen-bond donors (Lipinski definition) is 0. The molecular formula is C50H44P2. The highest BCUT2D eigenvalue weighted by Gasteiger charge is 2.24. The van der Waals surface area contributed by atoms with Gasteiger partial charge in [0, 0.05) is 12.3 Å². The molecule has 0 amide bonds. The van der Waals surface area contributed by atoms with Gasteiger partial charge < -0.3 is 0 Å². The van der Waals surface area contributed by atoms with E-state index in [2.05, 4.69) is 198 Å². The van der Waals surface area contributed by atoms with Gasteiger partial charge in [-0.15, -0.1) is 0 Å². The van der Waals surface area contributed by atoms with Gasteiger partial charge in [-0.05, 0) is 109 Å². The van der Waals surface area contributed by atoms with Crippen molar-refractivity contribution in [3.63, 3.8) is 0 Å². The first-order valence-electron chi connectivity index (χ1n) is 18.2. The van der Waals surface area contributed by atoms with E-state index in [-0.39, 0.29) is 0 Å². The molecule has 2 heteroatoms. The molecule has 0 aliphatic heterocycles. The van der Waals surface area contributed by atoms with Crippen LogP contribution in [0.2, 0.25) is 0 Å². The number of rotatable bonds is 9. The number of benzene rings is 8. The molecule has 0 heterocycles. The first-order valence-corrected chi connectivity index (χ1v) is 21.3. The normalized spacial score (nSPS) is 11.6. The maximum atomic E-state index is 2.43. The van der Waals surface area contributed by atoms with E-state index in [1.54, 1.807) is 0 Å². The molecule has 0 bridgehead atoms. The van der Waals surface area contributed by atoms with E-state index in [4.69, 9.17) is 0 Å². The monoisotopic (exact) mass is 706 g/mol. The van der Waals surface area contributed by atoms with E-state index in [1.807, 2.05) is 0 Å². The van der Waals surface area contributed by atoms with Gasteiger partial charge in [0.1, 0.15) is 0 Å². The Kier molecular flexibility index (Phi) is 9.88. The first-order chi connectivity index (χ1) is 25.4. The van der Waals surface area contributed by atoms with Crippen LogP contribution in [0, 0.1) is 27.7 Å². The van der Waals surface area contributed by atoms with Gasteiger partial charge in [0.25, 0.3) is 0 Å². The minimum absolute atomic E-state index is 0.658. The van der Waals surface area contributed by atoms with Crippen LogP contribution in [0.3, 0.4) is 0 Å². The fraction of sp³-hybridized carbons (Fsp3) is 0.120. The van der Waals surface area contributed by atoms with E-state index < -0.39 is 15.8 Å². The van der Waals surface area contributed by atoms with Crippen molar-refractivity contribution < 1.29 is 0 Å². The lowest BCUT2D eigenvalue weighted by molar-refractivity contribution is 1.37. The van der Waals surface area contributed by atoms with Gasteiger partial charge in [0.15, 0.2) is 0 Å². The van der Waals surface area contributed by atoms with Gasteiger partial charge in [-0.2, -0.15) is 0 Å². The third-order valence-electron chi connectivity index (χ3n) is 10.3. The molecule has 0 radical (unpaired) electrons. The van der Waals surface area contributed by atoms with E-state index >= 15 is 0 Å². The molecule has 0 atom stereocenters. The van der Waals surface area contributed by atoms with E-state index in [1.165, 1.54) is 87.3 Å². The maximum Gasteiger partial charge on any atom is 0.00138 e. The van der Waals surface area contributed by atoms with Crippen molar-refractivity contribution in [3.05, 3.63) is 203 Å². The third-order valence-corrected chi connectivity index (χ3v) is 15.3. The Bertz CT molecular complexity index is 2210. The van der Waals surface area contributed by atoms with Crippen LogP contribution >= 0.6 is 15.8 Å². The summed E-state index contributed by atoms with van der Waals surface area (Å²) < 4.78 is 0. The predicted octanol–water partition coefficient (Wildman–Crippen LogP) is 12.2. The second-order valence-electron chi connectivity index (χ2n) is 14.2. The van der Waals surface area contributed by atoms with Crippen LogP contribution in [0.25, 0.3) is 32.7 Å². The summed E-state index contributed by atoms with van der Waals surface area (Å²) in [7, 11) is -1.32. The summed E-state index contributed by atoms with van der Waals surface area (Å²) in [5, 5.41) is 10.9. The van der Waals surface area contributed by atoms with Gasteiger partial charge in [-0.25, -0.2) is 0 Å². The molecule has 0 unspecified atom stereocenters. The highest BCUT2D eigenvalue weighted by atomic mass is 31.1. The average Bonchev–Trinajstić information content (AvgIpc) is 3.17. The summed E-state index contributed by atoms with van der Waals surface area (Å²) in [5.41, 5.74) is 10.8. The van der Waals surface area contributed by atoms with E-state index in [9.17, 15) is 0 Å². The van der Waals surface area contributed by atoms with Crippen molar-refractivity contribution >= 4 is 58.6 Å². The molecule has 254 valence electrons. The van der Waals surface area contributed by atoms with E-state index in [0.717, 1.165) is 12.3 Å². The average molecular weight is 707 g/mol. The standard InChI is InChI=1S/C50H44P2/c1-35-13-25-43(26-14-35)51(44-27-15-36(2)16-28-44)33-41-23-21-39-9-5-7-11-47(39)49(41)50-42(24-22-40-10-6-8-12-48(40)50)34-52(45-29-17-37(3)18-30-45)46-31-19-38(4)20-32-46/h5-32H,33-34H2,1-4H3. The summed E-state index contributed by atoms with van der Waals surface area (Å²) in [6.45, 7) is 8.74. The highest BCUT2D eigenvalue weighted by molar-refractivity contribution is 7.72. The molecule has 0 fully saturated rings. The molecule has 0 aromatic heterocycles. The smallest absolute Gasteiger partial charge is 0.00138 e. The van der Waals surface area contributed by atoms with Crippen molar-refractivity contribution in [3.8, 4) is 11.1 Å². The molecule has 0 aliphatic carbocycles. The Morgan fingerprint density at radius 3 is 0.904 bits per heavy atom. The van der Waals surface area contributed by atoms with Crippen molar-refractivity contribution in [1.82, 2.24) is 0 Å². The summed E-state index contributed by atoms with van der Waals surface area (Å²) in [6.07, 6.45) is 1.93. The summed E-state index contributed by atoms with van der Waals surface area (Å²) in [4.78, 5) is 0.